The molecule has 0 amide bonds. The Morgan fingerprint density at radius 3 is 2.90 bits per heavy atom. The molecule has 0 aliphatic carbocycles. The maximum absolute atomic E-state index is 11.8. The van der Waals surface area contributed by atoms with Crippen molar-refractivity contribution in [2.75, 3.05) is 13.2 Å². The van der Waals surface area contributed by atoms with Crippen LogP contribution in [-0.4, -0.2) is 51.3 Å². The van der Waals surface area contributed by atoms with E-state index >= 15 is 0 Å². The van der Waals surface area contributed by atoms with Gasteiger partial charge in [-0.05, 0) is 0 Å². The molecule has 9 nitrogen and oxygen atoms in total. The molecule has 4 atom stereocenters. The van der Waals surface area contributed by atoms with Crippen molar-refractivity contribution >= 4 is 0 Å². The van der Waals surface area contributed by atoms with Crippen molar-refractivity contribution in [3.05, 3.63) is 33.1 Å². The minimum atomic E-state index is -1.16. The van der Waals surface area contributed by atoms with Crippen molar-refractivity contribution in [2.45, 2.75) is 31.0 Å². The summed E-state index contributed by atoms with van der Waals surface area (Å²) in [5.41, 5.74) is -1.28. The van der Waals surface area contributed by atoms with Crippen molar-refractivity contribution in [1.82, 2.24) is 9.55 Å². The van der Waals surface area contributed by atoms with Gasteiger partial charge in [0.1, 0.15) is 18.3 Å². The highest BCUT2D eigenvalue weighted by molar-refractivity contribution is 4.94. The van der Waals surface area contributed by atoms with Gasteiger partial charge in [0.05, 0.1) is 25.7 Å². The number of aliphatic hydroxyl groups is 2. The zero-order valence-electron chi connectivity index (χ0n) is 11.0. The van der Waals surface area contributed by atoms with E-state index in [-0.39, 0.29) is 13.0 Å². The second kappa shape index (κ2) is 6.64. The molecule has 9 heteroatoms. The number of nitrogens with one attached hydrogen (secondary N) is 1. The van der Waals surface area contributed by atoms with Crippen LogP contribution in [-0.2, 0) is 9.47 Å². The van der Waals surface area contributed by atoms with Crippen LogP contribution in [0, 0.1) is 11.3 Å². The molecule has 0 saturated carbocycles. The van der Waals surface area contributed by atoms with E-state index in [0.717, 1.165) is 10.6 Å². The summed E-state index contributed by atoms with van der Waals surface area (Å²) in [6.07, 6.45) is -2.67. The lowest BCUT2D eigenvalue weighted by Crippen LogP contribution is -2.39. The third-order valence-electron chi connectivity index (χ3n) is 3.14. The number of rotatable bonds is 5. The van der Waals surface area contributed by atoms with E-state index in [4.69, 9.17) is 19.8 Å². The van der Waals surface area contributed by atoms with Crippen molar-refractivity contribution < 1.29 is 19.7 Å². The van der Waals surface area contributed by atoms with E-state index in [1.54, 1.807) is 0 Å². The van der Waals surface area contributed by atoms with Gasteiger partial charge in [0.25, 0.3) is 5.56 Å². The van der Waals surface area contributed by atoms with Crippen molar-refractivity contribution in [1.29, 1.82) is 5.26 Å². The average molecular weight is 297 g/mol. The smallest absolute Gasteiger partial charge is 0.330 e. The van der Waals surface area contributed by atoms with Gasteiger partial charge in [-0.3, -0.25) is 14.3 Å². The predicted octanol–water partition coefficient (Wildman–Crippen LogP) is -1.91. The van der Waals surface area contributed by atoms with E-state index < -0.39 is 42.4 Å². The van der Waals surface area contributed by atoms with E-state index in [2.05, 4.69) is 4.98 Å². The largest absolute Gasteiger partial charge is 0.394 e. The SMILES string of the molecule is N#CCCOC1C(O)[C@@H](CO)O[C@H]1n1ccc(=O)[nH]c1=O. The number of ether oxygens (including phenoxy) is 2. The van der Waals surface area contributed by atoms with Gasteiger partial charge in [0.15, 0.2) is 6.23 Å². The molecule has 21 heavy (non-hydrogen) atoms. The summed E-state index contributed by atoms with van der Waals surface area (Å²) in [7, 11) is 0. The number of hydrogen-bond acceptors (Lipinski definition) is 7. The Kier molecular flexibility index (Phi) is 4.87. The second-order valence-electron chi connectivity index (χ2n) is 4.50. The van der Waals surface area contributed by atoms with E-state index in [0.29, 0.717) is 0 Å². The Morgan fingerprint density at radius 1 is 1.52 bits per heavy atom. The molecule has 0 aromatic carbocycles. The molecule has 2 unspecified atom stereocenters. The highest BCUT2D eigenvalue weighted by Gasteiger charge is 2.45. The lowest BCUT2D eigenvalue weighted by Gasteiger charge is -2.21. The minimum absolute atomic E-state index is 0.0499. The van der Waals surface area contributed by atoms with Crippen molar-refractivity contribution in [2.24, 2.45) is 0 Å². The number of H-pyrrole nitrogens is 1. The monoisotopic (exact) mass is 297 g/mol. The number of aromatic nitrogens is 2. The lowest BCUT2D eigenvalue weighted by molar-refractivity contribution is -0.0732. The number of hydrogen-bond donors (Lipinski definition) is 3. The Labute approximate surface area is 119 Å². The molecule has 0 spiro atoms. The number of nitriles is 1. The summed E-state index contributed by atoms with van der Waals surface area (Å²) < 4.78 is 11.9. The number of nitrogens with zero attached hydrogens (tertiary/aromatic N) is 2. The van der Waals surface area contributed by atoms with Crippen LogP contribution in [0.15, 0.2) is 21.9 Å². The van der Waals surface area contributed by atoms with Crippen LogP contribution in [0.4, 0.5) is 0 Å². The van der Waals surface area contributed by atoms with Gasteiger partial charge in [-0.15, -0.1) is 0 Å². The number of aromatic amines is 1. The second-order valence-corrected chi connectivity index (χ2v) is 4.50. The lowest BCUT2D eigenvalue weighted by atomic mass is 10.1. The average Bonchev–Trinajstić information content (AvgIpc) is 2.76. The Hall–Kier alpha value is -1.99. The molecule has 114 valence electrons. The molecular weight excluding hydrogens is 282 g/mol. The first-order valence-corrected chi connectivity index (χ1v) is 6.33. The Bertz CT molecular complexity index is 633. The molecule has 3 N–H and O–H groups in total. The summed E-state index contributed by atoms with van der Waals surface area (Å²) >= 11 is 0. The number of aliphatic hydroxyl groups excluding tert-OH is 2. The van der Waals surface area contributed by atoms with Crippen LogP contribution in [0.1, 0.15) is 12.6 Å². The first-order chi connectivity index (χ1) is 10.1. The predicted molar refractivity (Wildman–Crippen MR) is 68.3 cm³/mol. The van der Waals surface area contributed by atoms with Crippen LogP contribution < -0.4 is 11.2 Å². The molecule has 1 aliphatic heterocycles. The van der Waals surface area contributed by atoms with Gasteiger partial charge in [0.2, 0.25) is 0 Å². The minimum Gasteiger partial charge on any atom is -0.394 e. The first kappa shape index (κ1) is 15.4. The van der Waals surface area contributed by atoms with Crippen molar-refractivity contribution in [3.63, 3.8) is 0 Å². The summed E-state index contributed by atoms with van der Waals surface area (Å²) in [4.78, 5) is 24.9. The van der Waals surface area contributed by atoms with Gasteiger partial charge in [-0.1, -0.05) is 0 Å². The molecule has 2 rings (SSSR count). The topological polar surface area (TPSA) is 138 Å². The van der Waals surface area contributed by atoms with E-state index in [1.807, 2.05) is 6.07 Å². The normalized spacial score (nSPS) is 28.4. The maximum atomic E-state index is 11.8. The van der Waals surface area contributed by atoms with Gasteiger partial charge >= 0.3 is 5.69 Å². The maximum Gasteiger partial charge on any atom is 0.330 e. The van der Waals surface area contributed by atoms with Gasteiger partial charge in [-0.2, -0.15) is 5.26 Å². The zero-order chi connectivity index (χ0) is 15.4. The summed E-state index contributed by atoms with van der Waals surface area (Å²) in [5, 5.41) is 27.7. The highest BCUT2D eigenvalue weighted by atomic mass is 16.6. The fourth-order valence-electron chi connectivity index (χ4n) is 2.14. The third kappa shape index (κ3) is 3.20. The zero-order valence-corrected chi connectivity index (χ0v) is 11.0. The molecular formula is C12H15N3O6. The molecule has 1 saturated heterocycles. The molecule has 0 radical (unpaired) electrons. The standard InChI is InChI=1S/C12H15N3O6/c13-3-1-5-20-10-9(18)7(6-16)21-11(10)15-4-2-8(17)14-12(15)19/h2,4,7,9-11,16,18H,1,5-6H2,(H,14,17,19)/t7-,9?,10?,11-/m1/s1. The van der Waals surface area contributed by atoms with Crippen LogP contribution in [0.2, 0.25) is 0 Å². The van der Waals surface area contributed by atoms with Crippen LogP contribution in [0.5, 0.6) is 0 Å². The molecule has 1 aromatic heterocycles. The fraction of sp³-hybridized carbons (Fsp3) is 0.583. The molecule has 2 heterocycles. The van der Waals surface area contributed by atoms with Gasteiger partial charge < -0.3 is 19.7 Å². The highest BCUT2D eigenvalue weighted by Crippen LogP contribution is 2.30. The van der Waals surface area contributed by atoms with E-state index in [1.165, 1.54) is 6.20 Å². The Morgan fingerprint density at radius 2 is 2.29 bits per heavy atom. The summed E-state index contributed by atoms with van der Waals surface area (Å²) in [6, 6.07) is 3.03. The quantitative estimate of drug-likeness (QED) is 0.539. The summed E-state index contributed by atoms with van der Waals surface area (Å²) in [5.74, 6) is 0. The first-order valence-electron chi connectivity index (χ1n) is 6.33. The van der Waals surface area contributed by atoms with Crippen LogP contribution in [0.3, 0.4) is 0 Å². The van der Waals surface area contributed by atoms with Gasteiger partial charge in [0, 0.05) is 12.3 Å². The van der Waals surface area contributed by atoms with Crippen molar-refractivity contribution in [3.8, 4) is 6.07 Å². The van der Waals surface area contributed by atoms with Crippen LogP contribution in [0.25, 0.3) is 0 Å². The Balaban J connectivity index is 2.27. The van der Waals surface area contributed by atoms with Crippen LogP contribution >= 0.6 is 0 Å². The van der Waals surface area contributed by atoms with E-state index in [9.17, 15) is 14.7 Å². The molecule has 0 bridgehead atoms. The molecule has 1 fully saturated rings. The molecule has 1 aliphatic rings. The molecule has 1 aromatic rings. The third-order valence-corrected chi connectivity index (χ3v) is 3.14. The summed E-state index contributed by atoms with van der Waals surface area (Å²) in [6.45, 7) is -0.401. The van der Waals surface area contributed by atoms with Gasteiger partial charge in [-0.25, -0.2) is 4.79 Å². The fourth-order valence-corrected chi connectivity index (χ4v) is 2.14.